The molecule has 2 N–H and O–H groups in total. The topological polar surface area (TPSA) is 52.9 Å². The van der Waals surface area contributed by atoms with Crippen LogP contribution in [0.3, 0.4) is 0 Å². The molecule has 2 atom stereocenters. The van der Waals surface area contributed by atoms with Crippen LogP contribution < -0.4 is 4.74 Å². The summed E-state index contributed by atoms with van der Waals surface area (Å²) in [5.41, 5.74) is 0. The highest BCUT2D eigenvalue weighted by Gasteiger charge is 2.29. The highest BCUT2D eigenvalue weighted by Crippen LogP contribution is 2.21. The first-order valence-corrected chi connectivity index (χ1v) is 6.58. The van der Waals surface area contributed by atoms with E-state index in [1.165, 1.54) is 12.1 Å². The normalized spacial score (nSPS) is 23.8. The van der Waals surface area contributed by atoms with Crippen molar-refractivity contribution in [1.29, 1.82) is 0 Å². The van der Waals surface area contributed by atoms with Gasteiger partial charge in [0.05, 0.1) is 17.7 Å². The SMILES string of the molecule is OC[C@H]1C[C@H](O)CN1CCOc1ccc(Cl)c(F)c1. The zero-order chi connectivity index (χ0) is 13.8. The Hall–Kier alpha value is -0.880. The lowest BCUT2D eigenvalue weighted by molar-refractivity contribution is 0.135. The van der Waals surface area contributed by atoms with Crippen LogP contribution in [0.1, 0.15) is 6.42 Å². The molecule has 0 spiro atoms. The van der Waals surface area contributed by atoms with E-state index in [2.05, 4.69) is 0 Å². The third-order valence-electron chi connectivity index (χ3n) is 3.25. The van der Waals surface area contributed by atoms with Crippen molar-refractivity contribution in [1.82, 2.24) is 4.90 Å². The second kappa shape index (κ2) is 6.52. The molecule has 1 heterocycles. The predicted molar refractivity (Wildman–Crippen MR) is 70.0 cm³/mol. The molecule has 0 bridgehead atoms. The van der Waals surface area contributed by atoms with Gasteiger partial charge in [0, 0.05) is 25.2 Å². The van der Waals surface area contributed by atoms with Crippen molar-refractivity contribution in [2.45, 2.75) is 18.6 Å². The molecule has 0 saturated carbocycles. The van der Waals surface area contributed by atoms with Gasteiger partial charge in [-0.05, 0) is 18.6 Å². The van der Waals surface area contributed by atoms with Crippen molar-refractivity contribution in [2.75, 3.05) is 26.3 Å². The van der Waals surface area contributed by atoms with Crippen LogP contribution in [0.15, 0.2) is 18.2 Å². The van der Waals surface area contributed by atoms with Crippen LogP contribution in [0.2, 0.25) is 5.02 Å². The Morgan fingerprint density at radius 3 is 2.95 bits per heavy atom. The molecule has 4 nitrogen and oxygen atoms in total. The highest BCUT2D eigenvalue weighted by molar-refractivity contribution is 6.30. The van der Waals surface area contributed by atoms with Gasteiger partial charge < -0.3 is 14.9 Å². The van der Waals surface area contributed by atoms with Crippen LogP contribution in [0.25, 0.3) is 0 Å². The fourth-order valence-corrected chi connectivity index (χ4v) is 2.39. The molecule has 1 aliphatic heterocycles. The van der Waals surface area contributed by atoms with Gasteiger partial charge in [-0.15, -0.1) is 0 Å². The second-order valence-electron chi connectivity index (χ2n) is 4.65. The van der Waals surface area contributed by atoms with Gasteiger partial charge in [-0.25, -0.2) is 4.39 Å². The lowest BCUT2D eigenvalue weighted by atomic mass is 10.2. The molecule has 6 heteroatoms. The Morgan fingerprint density at radius 1 is 1.47 bits per heavy atom. The molecule has 0 unspecified atom stereocenters. The van der Waals surface area contributed by atoms with Gasteiger partial charge in [0.1, 0.15) is 18.2 Å². The van der Waals surface area contributed by atoms with E-state index in [4.69, 9.17) is 16.3 Å². The maximum Gasteiger partial charge on any atom is 0.145 e. The van der Waals surface area contributed by atoms with Crippen LogP contribution in [0.4, 0.5) is 4.39 Å². The fourth-order valence-electron chi connectivity index (χ4n) is 2.27. The van der Waals surface area contributed by atoms with Crippen LogP contribution in [-0.2, 0) is 0 Å². The third kappa shape index (κ3) is 3.79. The van der Waals surface area contributed by atoms with E-state index >= 15 is 0 Å². The molecule has 1 fully saturated rings. The van der Waals surface area contributed by atoms with Crippen molar-refractivity contribution < 1.29 is 19.3 Å². The van der Waals surface area contributed by atoms with Gasteiger partial charge in [0.15, 0.2) is 0 Å². The van der Waals surface area contributed by atoms with Gasteiger partial charge in [0.2, 0.25) is 0 Å². The standard InChI is InChI=1S/C13H17ClFNO3/c14-12-2-1-11(6-13(12)15)19-4-3-16-7-10(18)5-9(16)8-17/h1-2,6,9-10,17-18H,3-5,7-8H2/t9-,10+/m1/s1. The number of ether oxygens (including phenoxy) is 1. The summed E-state index contributed by atoms with van der Waals surface area (Å²) in [6.45, 7) is 1.49. The lowest BCUT2D eigenvalue weighted by Gasteiger charge is -2.22. The van der Waals surface area contributed by atoms with E-state index in [1.807, 2.05) is 4.90 Å². The van der Waals surface area contributed by atoms with Crippen LogP contribution in [0, 0.1) is 5.82 Å². The highest BCUT2D eigenvalue weighted by atomic mass is 35.5. The van der Waals surface area contributed by atoms with E-state index < -0.39 is 11.9 Å². The number of aliphatic hydroxyl groups is 2. The summed E-state index contributed by atoms with van der Waals surface area (Å²) in [6.07, 6.45) is 0.177. The molecule has 2 rings (SSSR count). The number of hydrogen-bond acceptors (Lipinski definition) is 4. The monoisotopic (exact) mass is 289 g/mol. The number of halogens is 2. The zero-order valence-electron chi connectivity index (χ0n) is 10.4. The molecule has 0 aliphatic carbocycles. The van der Waals surface area contributed by atoms with E-state index in [0.717, 1.165) is 0 Å². The van der Waals surface area contributed by atoms with Gasteiger partial charge in [-0.1, -0.05) is 11.6 Å². The Balaban J connectivity index is 1.81. The number of aliphatic hydroxyl groups excluding tert-OH is 2. The summed E-state index contributed by atoms with van der Waals surface area (Å²) in [5.74, 6) is -0.0915. The Bertz CT molecular complexity index is 432. The minimum atomic E-state index is -0.510. The average molecular weight is 290 g/mol. The molecule has 1 aromatic carbocycles. The lowest BCUT2D eigenvalue weighted by Crippen LogP contribution is -2.35. The maximum atomic E-state index is 13.2. The smallest absolute Gasteiger partial charge is 0.145 e. The van der Waals surface area contributed by atoms with Crippen LogP contribution >= 0.6 is 11.6 Å². The fraction of sp³-hybridized carbons (Fsp3) is 0.538. The zero-order valence-corrected chi connectivity index (χ0v) is 11.2. The van der Waals surface area contributed by atoms with Crippen LogP contribution in [0.5, 0.6) is 5.75 Å². The maximum absolute atomic E-state index is 13.2. The molecule has 1 aromatic rings. The molecule has 0 radical (unpaired) electrons. The number of hydrogen-bond donors (Lipinski definition) is 2. The quantitative estimate of drug-likeness (QED) is 0.858. The van der Waals surface area contributed by atoms with Crippen molar-refractivity contribution in [3.8, 4) is 5.75 Å². The van der Waals surface area contributed by atoms with Gasteiger partial charge >= 0.3 is 0 Å². The molecule has 106 valence electrons. The first kappa shape index (κ1) is 14.5. The number of likely N-dealkylation sites (tertiary alicyclic amines) is 1. The summed E-state index contributed by atoms with van der Waals surface area (Å²) in [7, 11) is 0. The minimum absolute atomic E-state index is 0.0205. The first-order valence-electron chi connectivity index (χ1n) is 6.21. The summed E-state index contributed by atoms with van der Waals surface area (Å²) < 4.78 is 18.6. The van der Waals surface area contributed by atoms with Crippen LogP contribution in [-0.4, -0.2) is 53.6 Å². The third-order valence-corrected chi connectivity index (χ3v) is 3.56. The van der Waals surface area contributed by atoms with Gasteiger partial charge in [-0.3, -0.25) is 4.90 Å². The summed E-state index contributed by atoms with van der Waals surface area (Å²) in [5, 5.41) is 18.8. The van der Waals surface area contributed by atoms with Gasteiger partial charge in [-0.2, -0.15) is 0 Å². The van der Waals surface area contributed by atoms with Crippen molar-refractivity contribution in [2.24, 2.45) is 0 Å². The Labute approximate surface area is 116 Å². The summed E-state index contributed by atoms with van der Waals surface area (Å²) in [4.78, 5) is 1.97. The van der Waals surface area contributed by atoms with Crippen molar-refractivity contribution in [3.63, 3.8) is 0 Å². The minimum Gasteiger partial charge on any atom is -0.492 e. The molecule has 0 amide bonds. The van der Waals surface area contributed by atoms with E-state index in [1.54, 1.807) is 6.07 Å². The average Bonchev–Trinajstić information content (AvgIpc) is 2.74. The number of β-amino-alcohol motifs (C(OH)–C–C–N with tert-alkyl or cyclic N) is 1. The van der Waals surface area contributed by atoms with E-state index in [9.17, 15) is 14.6 Å². The predicted octanol–water partition coefficient (Wildman–Crippen LogP) is 1.29. The number of rotatable bonds is 5. The summed E-state index contributed by atoms with van der Waals surface area (Å²) >= 11 is 5.58. The molecular weight excluding hydrogens is 273 g/mol. The Kier molecular flexibility index (Phi) is 4.99. The summed E-state index contributed by atoms with van der Waals surface area (Å²) in [6, 6.07) is 4.27. The van der Waals surface area contributed by atoms with E-state index in [0.29, 0.717) is 31.9 Å². The molecule has 19 heavy (non-hydrogen) atoms. The van der Waals surface area contributed by atoms with Crippen molar-refractivity contribution in [3.05, 3.63) is 29.0 Å². The largest absolute Gasteiger partial charge is 0.492 e. The Morgan fingerprint density at radius 2 is 2.26 bits per heavy atom. The second-order valence-corrected chi connectivity index (χ2v) is 5.05. The van der Waals surface area contributed by atoms with E-state index in [-0.39, 0.29) is 17.7 Å². The molecule has 0 aromatic heterocycles. The molecular formula is C13H17ClFNO3. The number of benzene rings is 1. The molecule has 1 saturated heterocycles. The number of nitrogens with zero attached hydrogens (tertiary/aromatic N) is 1. The van der Waals surface area contributed by atoms with Crippen molar-refractivity contribution >= 4 is 11.6 Å². The molecule has 1 aliphatic rings. The first-order chi connectivity index (χ1) is 9.10. The van der Waals surface area contributed by atoms with Gasteiger partial charge in [0.25, 0.3) is 0 Å².